The number of carboxylic acid groups (broad SMARTS) is 1. The van der Waals surface area contributed by atoms with Crippen molar-refractivity contribution >= 4 is 69.4 Å². The van der Waals surface area contributed by atoms with Crippen molar-refractivity contribution in [3.05, 3.63) is 69.6 Å². The van der Waals surface area contributed by atoms with Gasteiger partial charge in [0.2, 0.25) is 5.91 Å². The lowest BCUT2D eigenvalue weighted by atomic mass is 10.2. The van der Waals surface area contributed by atoms with Crippen molar-refractivity contribution < 1.29 is 19.5 Å². The SMILES string of the molecule is O=C(CN1C(=O)/C(=C/c2ccccc2Cl)SC1=S)Nc1ccccc1C(=O)O. The van der Waals surface area contributed by atoms with E-state index in [1.807, 2.05) is 0 Å². The van der Waals surface area contributed by atoms with E-state index in [1.165, 1.54) is 17.0 Å². The smallest absolute Gasteiger partial charge is 0.337 e. The molecule has 2 aromatic rings. The van der Waals surface area contributed by atoms with Gasteiger partial charge in [0.05, 0.1) is 16.2 Å². The molecule has 2 N–H and O–H groups in total. The molecule has 0 radical (unpaired) electrons. The third-order valence-electron chi connectivity index (χ3n) is 3.80. The van der Waals surface area contributed by atoms with E-state index >= 15 is 0 Å². The number of anilines is 1. The van der Waals surface area contributed by atoms with Gasteiger partial charge in [-0.1, -0.05) is 65.9 Å². The van der Waals surface area contributed by atoms with Gasteiger partial charge in [0, 0.05) is 5.02 Å². The summed E-state index contributed by atoms with van der Waals surface area (Å²) in [5.41, 5.74) is 0.779. The number of carbonyl (C=O) groups is 3. The first kappa shape index (κ1) is 20.1. The first-order chi connectivity index (χ1) is 13.4. The zero-order chi connectivity index (χ0) is 20.3. The van der Waals surface area contributed by atoms with Crippen LogP contribution in [-0.2, 0) is 9.59 Å². The van der Waals surface area contributed by atoms with Gasteiger partial charge in [0.1, 0.15) is 10.9 Å². The number of thiocarbonyl (C=S) groups is 1. The van der Waals surface area contributed by atoms with Crippen LogP contribution in [0.5, 0.6) is 0 Å². The van der Waals surface area contributed by atoms with E-state index in [4.69, 9.17) is 23.8 Å². The van der Waals surface area contributed by atoms with Crippen molar-refractivity contribution in [1.29, 1.82) is 0 Å². The number of hydrogen-bond acceptors (Lipinski definition) is 5. The lowest BCUT2D eigenvalue weighted by Crippen LogP contribution is -2.36. The highest BCUT2D eigenvalue weighted by molar-refractivity contribution is 8.26. The molecule has 2 amide bonds. The summed E-state index contributed by atoms with van der Waals surface area (Å²) in [4.78, 5) is 37.7. The Morgan fingerprint density at radius 2 is 1.86 bits per heavy atom. The van der Waals surface area contributed by atoms with Crippen molar-refractivity contribution in [3.63, 3.8) is 0 Å². The zero-order valence-corrected chi connectivity index (χ0v) is 16.6. The van der Waals surface area contributed by atoms with Gasteiger partial charge in [-0.25, -0.2) is 4.79 Å². The molecule has 0 aromatic heterocycles. The highest BCUT2D eigenvalue weighted by Gasteiger charge is 2.33. The van der Waals surface area contributed by atoms with E-state index in [9.17, 15) is 19.5 Å². The fraction of sp³-hybridized carbons (Fsp3) is 0.0526. The summed E-state index contributed by atoms with van der Waals surface area (Å²) in [5.74, 6) is -2.12. The first-order valence-electron chi connectivity index (χ1n) is 7.99. The molecule has 0 atom stereocenters. The highest BCUT2D eigenvalue weighted by Crippen LogP contribution is 2.33. The van der Waals surface area contributed by atoms with Crippen molar-refractivity contribution in [1.82, 2.24) is 4.90 Å². The van der Waals surface area contributed by atoms with Crippen LogP contribution >= 0.6 is 35.6 Å². The van der Waals surface area contributed by atoms with Gasteiger partial charge in [0.25, 0.3) is 5.91 Å². The molecular formula is C19H13ClN2O4S2. The quantitative estimate of drug-likeness (QED) is 0.550. The summed E-state index contributed by atoms with van der Waals surface area (Å²) in [6.07, 6.45) is 1.62. The van der Waals surface area contributed by atoms with Gasteiger partial charge in [-0.2, -0.15) is 0 Å². The van der Waals surface area contributed by atoms with Crippen LogP contribution in [0.25, 0.3) is 6.08 Å². The minimum atomic E-state index is -1.16. The number of amides is 2. The van der Waals surface area contributed by atoms with Crippen LogP contribution in [-0.4, -0.2) is 38.7 Å². The molecule has 1 aliphatic rings. The second-order valence-corrected chi connectivity index (χ2v) is 7.77. The normalized spacial score (nSPS) is 15.2. The number of nitrogens with zero attached hydrogens (tertiary/aromatic N) is 1. The molecule has 142 valence electrons. The van der Waals surface area contributed by atoms with Crippen molar-refractivity contribution in [2.24, 2.45) is 0 Å². The van der Waals surface area contributed by atoms with Crippen LogP contribution in [0.3, 0.4) is 0 Å². The van der Waals surface area contributed by atoms with Crippen molar-refractivity contribution in [2.45, 2.75) is 0 Å². The number of thioether (sulfide) groups is 1. The number of nitrogens with one attached hydrogen (secondary N) is 1. The number of aromatic carboxylic acids is 1. The average Bonchev–Trinajstić information content (AvgIpc) is 2.91. The van der Waals surface area contributed by atoms with Crippen LogP contribution < -0.4 is 5.32 Å². The molecule has 1 saturated heterocycles. The fourth-order valence-electron chi connectivity index (χ4n) is 2.48. The second-order valence-electron chi connectivity index (χ2n) is 5.69. The maximum Gasteiger partial charge on any atom is 0.337 e. The van der Waals surface area contributed by atoms with E-state index < -0.39 is 17.8 Å². The zero-order valence-electron chi connectivity index (χ0n) is 14.2. The molecule has 1 aliphatic heterocycles. The monoisotopic (exact) mass is 432 g/mol. The number of hydrogen-bond donors (Lipinski definition) is 2. The number of halogens is 1. The van der Waals surface area contributed by atoms with Gasteiger partial charge in [0.15, 0.2) is 0 Å². The summed E-state index contributed by atoms with van der Waals surface area (Å²) in [6.45, 7) is -0.321. The topological polar surface area (TPSA) is 86.7 Å². The van der Waals surface area contributed by atoms with Crippen LogP contribution in [0.1, 0.15) is 15.9 Å². The Kier molecular flexibility index (Phi) is 6.13. The summed E-state index contributed by atoms with van der Waals surface area (Å²) in [6, 6.07) is 13.1. The van der Waals surface area contributed by atoms with Crippen LogP contribution in [0.4, 0.5) is 5.69 Å². The second kappa shape index (κ2) is 8.55. The number of rotatable bonds is 5. The van der Waals surface area contributed by atoms with Crippen LogP contribution in [0, 0.1) is 0 Å². The molecule has 9 heteroatoms. The fourth-order valence-corrected chi connectivity index (χ4v) is 3.92. The van der Waals surface area contributed by atoms with Crippen molar-refractivity contribution in [2.75, 3.05) is 11.9 Å². The molecule has 1 heterocycles. The lowest BCUT2D eigenvalue weighted by molar-refractivity contribution is -0.126. The van der Waals surface area contributed by atoms with E-state index in [0.29, 0.717) is 15.5 Å². The average molecular weight is 433 g/mol. The van der Waals surface area contributed by atoms with E-state index in [2.05, 4.69) is 5.32 Å². The summed E-state index contributed by atoms with van der Waals surface area (Å²) in [5, 5.41) is 12.2. The summed E-state index contributed by atoms with van der Waals surface area (Å²) < 4.78 is 0.241. The van der Waals surface area contributed by atoms with E-state index in [-0.39, 0.29) is 22.1 Å². The minimum absolute atomic E-state index is 0.0418. The van der Waals surface area contributed by atoms with Crippen LogP contribution in [0.15, 0.2) is 53.4 Å². The molecule has 0 bridgehead atoms. The molecule has 1 fully saturated rings. The van der Waals surface area contributed by atoms with E-state index in [0.717, 1.165) is 11.8 Å². The van der Waals surface area contributed by atoms with Crippen molar-refractivity contribution in [3.8, 4) is 0 Å². The maximum atomic E-state index is 12.6. The number of carbonyl (C=O) groups excluding carboxylic acids is 2. The Morgan fingerprint density at radius 3 is 2.57 bits per heavy atom. The third kappa shape index (κ3) is 4.41. The van der Waals surface area contributed by atoms with Gasteiger partial charge in [-0.05, 0) is 29.8 Å². The molecule has 3 rings (SSSR count). The number of para-hydroxylation sites is 1. The molecular weight excluding hydrogens is 420 g/mol. The maximum absolute atomic E-state index is 12.6. The predicted molar refractivity (Wildman–Crippen MR) is 113 cm³/mol. The largest absolute Gasteiger partial charge is 0.478 e. The molecule has 6 nitrogen and oxygen atoms in total. The van der Waals surface area contributed by atoms with Crippen LogP contribution in [0.2, 0.25) is 5.02 Å². The van der Waals surface area contributed by atoms with E-state index in [1.54, 1.807) is 42.5 Å². The lowest BCUT2D eigenvalue weighted by Gasteiger charge is -2.15. The third-order valence-corrected chi connectivity index (χ3v) is 5.52. The number of benzene rings is 2. The van der Waals surface area contributed by atoms with Gasteiger partial charge >= 0.3 is 5.97 Å². The Bertz CT molecular complexity index is 1020. The molecule has 0 aliphatic carbocycles. The summed E-state index contributed by atoms with van der Waals surface area (Å²) in [7, 11) is 0. The highest BCUT2D eigenvalue weighted by atomic mass is 35.5. The Morgan fingerprint density at radius 1 is 1.18 bits per heavy atom. The standard InChI is InChI=1S/C19H13ClN2O4S2/c20-13-7-3-1-5-11(13)9-15-17(24)22(19(27)28-15)10-16(23)21-14-8-4-2-6-12(14)18(25)26/h1-9H,10H2,(H,21,23)(H,25,26)/b15-9-. The van der Waals surface area contributed by atoms with Gasteiger partial charge in [-0.3, -0.25) is 14.5 Å². The Balaban J connectivity index is 1.74. The molecule has 2 aromatic carbocycles. The Hall–Kier alpha value is -2.68. The summed E-state index contributed by atoms with van der Waals surface area (Å²) >= 11 is 12.4. The predicted octanol–water partition coefficient (Wildman–Crippen LogP) is 3.88. The number of carboxylic acids is 1. The molecule has 0 spiro atoms. The van der Waals surface area contributed by atoms with Gasteiger partial charge < -0.3 is 10.4 Å². The van der Waals surface area contributed by atoms with Gasteiger partial charge in [-0.15, -0.1) is 0 Å². The minimum Gasteiger partial charge on any atom is -0.478 e. The molecule has 0 saturated carbocycles. The Labute approximate surface area is 175 Å². The first-order valence-corrected chi connectivity index (χ1v) is 9.59. The molecule has 28 heavy (non-hydrogen) atoms. The molecule has 0 unspecified atom stereocenters.